The highest BCUT2D eigenvalue weighted by atomic mass is 16.6. The Bertz CT molecular complexity index is 757. The number of nitro groups is 1. The van der Waals surface area contributed by atoms with Gasteiger partial charge >= 0.3 is 12.1 Å². The van der Waals surface area contributed by atoms with Crippen molar-refractivity contribution in [1.82, 2.24) is 15.5 Å². The Hall–Kier alpha value is -3.50. The van der Waals surface area contributed by atoms with E-state index in [0.29, 0.717) is 0 Å². The van der Waals surface area contributed by atoms with Crippen LogP contribution in [0.25, 0.3) is 0 Å². The fraction of sp³-hybridized carbons (Fsp3) is 0.286. The average Bonchev–Trinajstić information content (AvgIpc) is 3.04. The van der Waals surface area contributed by atoms with E-state index in [1.54, 1.807) is 6.92 Å². The van der Waals surface area contributed by atoms with Gasteiger partial charge in [0.2, 0.25) is 5.89 Å². The van der Waals surface area contributed by atoms with Crippen molar-refractivity contribution in [3.63, 3.8) is 0 Å². The number of carbonyl (C=O) groups is 2. The summed E-state index contributed by atoms with van der Waals surface area (Å²) in [5.74, 6) is -0.572. The fourth-order valence-corrected chi connectivity index (χ4v) is 1.69. The standard InChI is InChI=1S/C14H14N4O7/c1-2-23-13(19)12-16-11(25-17-12)7-8-15-14(20)24-10-5-3-9(4-6-10)18(21)22/h3-6H,2,7-8H2,1H3,(H,15,20). The van der Waals surface area contributed by atoms with Crippen LogP contribution in [0.4, 0.5) is 10.5 Å². The normalized spacial score (nSPS) is 10.1. The van der Waals surface area contributed by atoms with E-state index in [9.17, 15) is 19.7 Å². The molecule has 1 aromatic heterocycles. The molecule has 11 heteroatoms. The van der Waals surface area contributed by atoms with E-state index in [2.05, 4.69) is 15.5 Å². The quantitative estimate of drug-likeness (QED) is 0.445. The fourth-order valence-electron chi connectivity index (χ4n) is 1.69. The molecule has 11 nitrogen and oxygen atoms in total. The Labute approximate surface area is 141 Å². The lowest BCUT2D eigenvalue weighted by molar-refractivity contribution is -0.384. The molecule has 2 rings (SSSR count). The number of ether oxygens (including phenoxy) is 2. The third-order valence-electron chi connectivity index (χ3n) is 2.79. The number of hydrogen-bond acceptors (Lipinski definition) is 9. The van der Waals surface area contributed by atoms with Gasteiger partial charge in [-0.25, -0.2) is 9.59 Å². The number of nitro benzene ring substituents is 1. The van der Waals surface area contributed by atoms with Crippen LogP contribution in [0.5, 0.6) is 5.75 Å². The second kappa shape index (κ2) is 8.38. The SMILES string of the molecule is CCOC(=O)c1noc(CCNC(=O)Oc2ccc([N+](=O)[O-])cc2)n1. The zero-order valence-electron chi connectivity index (χ0n) is 13.1. The van der Waals surface area contributed by atoms with Gasteiger partial charge in [-0.05, 0) is 24.2 Å². The van der Waals surface area contributed by atoms with Gasteiger partial charge < -0.3 is 19.3 Å². The maximum absolute atomic E-state index is 11.6. The van der Waals surface area contributed by atoms with Crippen LogP contribution in [0.1, 0.15) is 23.4 Å². The topological polar surface area (TPSA) is 147 Å². The first-order valence-corrected chi connectivity index (χ1v) is 7.19. The van der Waals surface area contributed by atoms with E-state index in [1.807, 2.05) is 0 Å². The molecule has 0 spiro atoms. The summed E-state index contributed by atoms with van der Waals surface area (Å²) < 4.78 is 14.5. The number of nitrogens with zero attached hydrogens (tertiary/aromatic N) is 3. The number of non-ortho nitro benzene ring substituents is 1. The molecule has 0 unspecified atom stereocenters. The Morgan fingerprint density at radius 3 is 2.68 bits per heavy atom. The molecular formula is C14H14N4O7. The van der Waals surface area contributed by atoms with Crippen LogP contribution in [0.15, 0.2) is 28.8 Å². The summed E-state index contributed by atoms with van der Waals surface area (Å²) in [6, 6.07) is 5.05. The molecule has 0 atom stereocenters. The highest BCUT2D eigenvalue weighted by molar-refractivity contribution is 5.84. The smallest absolute Gasteiger partial charge is 0.412 e. The molecule has 1 N–H and O–H groups in total. The van der Waals surface area contributed by atoms with Crippen LogP contribution in [-0.2, 0) is 11.2 Å². The lowest BCUT2D eigenvalue weighted by Gasteiger charge is -2.05. The number of carbonyl (C=O) groups excluding carboxylic acids is 2. The van der Waals surface area contributed by atoms with Crippen LogP contribution >= 0.6 is 0 Å². The summed E-state index contributed by atoms with van der Waals surface area (Å²) in [4.78, 5) is 36.8. The van der Waals surface area contributed by atoms with E-state index < -0.39 is 17.0 Å². The van der Waals surface area contributed by atoms with Crippen molar-refractivity contribution in [2.24, 2.45) is 0 Å². The summed E-state index contributed by atoms with van der Waals surface area (Å²) in [5.41, 5.74) is -0.110. The van der Waals surface area contributed by atoms with Gasteiger partial charge in [-0.3, -0.25) is 10.1 Å². The third kappa shape index (κ3) is 5.27. The number of hydrogen-bond donors (Lipinski definition) is 1. The molecule has 0 bridgehead atoms. The molecule has 0 saturated heterocycles. The predicted octanol–water partition coefficient (Wildman–Crippen LogP) is 1.49. The van der Waals surface area contributed by atoms with Gasteiger partial charge in [-0.15, -0.1) is 0 Å². The van der Waals surface area contributed by atoms with E-state index >= 15 is 0 Å². The molecule has 0 aliphatic heterocycles. The number of rotatable bonds is 7. The Morgan fingerprint density at radius 1 is 1.32 bits per heavy atom. The van der Waals surface area contributed by atoms with E-state index in [0.717, 1.165) is 0 Å². The minimum Gasteiger partial charge on any atom is -0.460 e. The van der Waals surface area contributed by atoms with Crippen molar-refractivity contribution in [2.75, 3.05) is 13.2 Å². The molecule has 0 aliphatic rings. The number of benzene rings is 1. The molecule has 0 fully saturated rings. The first-order valence-electron chi connectivity index (χ1n) is 7.19. The Morgan fingerprint density at radius 2 is 2.04 bits per heavy atom. The molecule has 1 aromatic carbocycles. The zero-order valence-corrected chi connectivity index (χ0v) is 13.1. The number of aromatic nitrogens is 2. The van der Waals surface area contributed by atoms with Crippen molar-refractivity contribution in [3.8, 4) is 5.75 Å². The first kappa shape index (κ1) is 17.8. The van der Waals surface area contributed by atoms with Gasteiger partial charge in [0.25, 0.3) is 11.5 Å². The van der Waals surface area contributed by atoms with E-state index in [4.69, 9.17) is 14.0 Å². The third-order valence-corrected chi connectivity index (χ3v) is 2.79. The predicted molar refractivity (Wildman–Crippen MR) is 81.1 cm³/mol. The molecule has 25 heavy (non-hydrogen) atoms. The van der Waals surface area contributed by atoms with Gasteiger partial charge in [-0.2, -0.15) is 4.98 Å². The van der Waals surface area contributed by atoms with Crippen molar-refractivity contribution >= 4 is 17.7 Å². The van der Waals surface area contributed by atoms with Gasteiger partial charge in [-0.1, -0.05) is 0 Å². The van der Waals surface area contributed by atoms with Gasteiger partial charge in [0.05, 0.1) is 11.5 Å². The lowest BCUT2D eigenvalue weighted by Crippen LogP contribution is -2.28. The Kier molecular flexibility index (Phi) is 5.98. The average molecular weight is 350 g/mol. The second-order valence-corrected chi connectivity index (χ2v) is 4.55. The molecular weight excluding hydrogens is 336 g/mol. The molecule has 0 radical (unpaired) electrons. The van der Waals surface area contributed by atoms with E-state index in [1.165, 1.54) is 24.3 Å². The van der Waals surface area contributed by atoms with E-state index in [-0.39, 0.29) is 42.7 Å². The van der Waals surface area contributed by atoms with Crippen molar-refractivity contribution in [1.29, 1.82) is 0 Å². The summed E-state index contributed by atoms with van der Waals surface area (Å²) in [7, 11) is 0. The van der Waals surface area contributed by atoms with Gasteiger partial charge in [0.1, 0.15) is 5.75 Å². The summed E-state index contributed by atoms with van der Waals surface area (Å²) >= 11 is 0. The number of nitrogens with one attached hydrogen (secondary N) is 1. The van der Waals surface area contributed by atoms with Crippen LogP contribution < -0.4 is 10.1 Å². The molecule has 132 valence electrons. The second-order valence-electron chi connectivity index (χ2n) is 4.55. The van der Waals surface area contributed by atoms with Crippen LogP contribution in [0.3, 0.4) is 0 Å². The van der Waals surface area contributed by atoms with Gasteiger partial charge in [0, 0.05) is 25.1 Å². The van der Waals surface area contributed by atoms with Gasteiger partial charge in [0.15, 0.2) is 0 Å². The van der Waals surface area contributed by atoms with Crippen molar-refractivity contribution in [3.05, 3.63) is 46.1 Å². The van der Waals surface area contributed by atoms with Crippen LogP contribution in [-0.4, -0.2) is 40.3 Å². The molecule has 2 aromatic rings. The molecule has 0 saturated carbocycles. The highest BCUT2D eigenvalue weighted by Crippen LogP contribution is 2.17. The summed E-state index contributed by atoms with van der Waals surface area (Å²) in [6.45, 7) is 1.97. The minimum atomic E-state index is -0.751. The van der Waals surface area contributed by atoms with Crippen molar-refractivity contribution < 1.29 is 28.5 Å². The van der Waals surface area contributed by atoms with Crippen molar-refractivity contribution in [2.45, 2.75) is 13.3 Å². The number of esters is 1. The monoisotopic (exact) mass is 350 g/mol. The van der Waals surface area contributed by atoms with Crippen LogP contribution in [0.2, 0.25) is 0 Å². The molecule has 1 heterocycles. The minimum absolute atomic E-state index is 0.110. The number of amides is 1. The maximum atomic E-state index is 11.6. The Balaban J connectivity index is 1.77. The summed E-state index contributed by atoms with van der Waals surface area (Å²) in [6.07, 6.45) is -0.569. The lowest BCUT2D eigenvalue weighted by atomic mass is 10.3. The largest absolute Gasteiger partial charge is 0.460 e. The van der Waals surface area contributed by atoms with Crippen LogP contribution in [0, 0.1) is 10.1 Å². The zero-order chi connectivity index (χ0) is 18.2. The maximum Gasteiger partial charge on any atom is 0.412 e. The molecule has 1 amide bonds. The molecule has 0 aliphatic carbocycles. The first-order chi connectivity index (χ1) is 12.0. The highest BCUT2D eigenvalue weighted by Gasteiger charge is 2.15. The summed E-state index contributed by atoms with van der Waals surface area (Å²) in [5, 5.41) is 16.4.